The molecule has 0 aliphatic carbocycles. The third-order valence-corrected chi connectivity index (χ3v) is 6.42. The molecule has 3 rings (SSSR count). The minimum Gasteiger partial charge on any atom is -0.354 e. The number of rotatable bonds is 10. The number of benzene rings is 3. The van der Waals surface area contributed by atoms with Crippen LogP contribution in [0.1, 0.15) is 30.5 Å². The number of nitrogens with one attached hydrogen (secondary N) is 1. The van der Waals surface area contributed by atoms with Crippen LogP contribution in [0.2, 0.25) is 15.1 Å². The number of amides is 2. The molecule has 184 valence electrons. The third-order valence-electron chi connectivity index (χ3n) is 5.58. The number of carbonyl (C=O) groups excluding carboxylic acids is 2. The van der Waals surface area contributed by atoms with E-state index in [9.17, 15) is 9.59 Å². The monoisotopic (exact) mass is 530 g/mol. The highest BCUT2D eigenvalue weighted by atomic mass is 35.5. The lowest BCUT2D eigenvalue weighted by Gasteiger charge is -2.32. The molecule has 0 saturated carbocycles. The second kappa shape index (κ2) is 13.0. The molecule has 0 aromatic heterocycles. The molecule has 4 nitrogen and oxygen atoms in total. The van der Waals surface area contributed by atoms with Crippen molar-refractivity contribution < 1.29 is 9.59 Å². The lowest BCUT2D eigenvalue weighted by molar-refractivity contribution is -0.140. The number of hydrogen-bond donors (Lipinski definition) is 1. The normalized spacial score (nSPS) is 11.8. The molecule has 2 amide bonds. The maximum atomic E-state index is 13.7. The Morgan fingerprint density at radius 2 is 1.51 bits per heavy atom. The van der Waals surface area contributed by atoms with Crippen molar-refractivity contribution in [3.63, 3.8) is 0 Å². The molecular formula is C28H29Cl3N2O2. The van der Waals surface area contributed by atoms with Crippen LogP contribution in [0.4, 0.5) is 0 Å². The van der Waals surface area contributed by atoms with E-state index in [0.717, 1.165) is 11.1 Å². The Bertz CT molecular complexity index is 1130. The third kappa shape index (κ3) is 8.28. The minimum absolute atomic E-state index is 0.0480. The largest absolute Gasteiger partial charge is 0.354 e. The van der Waals surface area contributed by atoms with Gasteiger partial charge in [-0.3, -0.25) is 9.59 Å². The van der Waals surface area contributed by atoms with Crippen molar-refractivity contribution in [2.24, 2.45) is 5.92 Å². The van der Waals surface area contributed by atoms with Gasteiger partial charge in [0, 0.05) is 34.6 Å². The van der Waals surface area contributed by atoms with E-state index in [-0.39, 0.29) is 30.7 Å². The van der Waals surface area contributed by atoms with Crippen LogP contribution in [-0.2, 0) is 29.0 Å². The fraction of sp³-hybridized carbons (Fsp3) is 0.286. The molecule has 35 heavy (non-hydrogen) atoms. The van der Waals surface area contributed by atoms with Gasteiger partial charge < -0.3 is 10.2 Å². The topological polar surface area (TPSA) is 49.4 Å². The molecule has 0 aliphatic rings. The van der Waals surface area contributed by atoms with Crippen molar-refractivity contribution in [1.29, 1.82) is 0 Å². The summed E-state index contributed by atoms with van der Waals surface area (Å²) in [6.45, 7) is 4.85. The van der Waals surface area contributed by atoms with E-state index in [1.807, 2.05) is 56.3 Å². The van der Waals surface area contributed by atoms with Gasteiger partial charge in [0.05, 0.1) is 6.42 Å². The van der Waals surface area contributed by atoms with E-state index in [0.29, 0.717) is 33.6 Å². The molecule has 7 heteroatoms. The van der Waals surface area contributed by atoms with Gasteiger partial charge in [-0.25, -0.2) is 0 Å². The Kier molecular flexibility index (Phi) is 10.0. The molecule has 0 saturated heterocycles. The molecule has 0 fully saturated rings. The predicted octanol–water partition coefficient (Wildman–Crippen LogP) is 6.60. The van der Waals surface area contributed by atoms with Gasteiger partial charge in [-0.15, -0.1) is 0 Å². The molecular weight excluding hydrogens is 503 g/mol. The number of halogens is 3. The van der Waals surface area contributed by atoms with Gasteiger partial charge in [0.15, 0.2) is 0 Å². The first-order valence-corrected chi connectivity index (χ1v) is 12.7. The van der Waals surface area contributed by atoms with Gasteiger partial charge in [0.2, 0.25) is 11.8 Å². The SMILES string of the molecule is CC(C)CNC(=O)C(Cc1ccccc1)N(Cc1ccc(Cl)cc1)C(=O)Cc1ccc(Cl)cc1Cl. The molecule has 0 aliphatic heterocycles. The number of carbonyl (C=O) groups is 2. The molecule has 3 aromatic rings. The Hall–Kier alpha value is -2.53. The highest BCUT2D eigenvalue weighted by Crippen LogP contribution is 2.24. The van der Waals surface area contributed by atoms with Crippen molar-refractivity contribution in [2.75, 3.05) is 6.54 Å². The van der Waals surface area contributed by atoms with Crippen LogP contribution < -0.4 is 5.32 Å². The Morgan fingerprint density at radius 1 is 0.857 bits per heavy atom. The fourth-order valence-corrected chi connectivity index (χ4v) is 4.29. The summed E-state index contributed by atoms with van der Waals surface area (Å²) >= 11 is 18.5. The fourth-order valence-electron chi connectivity index (χ4n) is 3.69. The van der Waals surface area contributed by atoms with Gasteiger partial charge in [-0.2, -0.15) is 0 Å². The highest BCUT2D eigenvalue weighted by molar-refractivity contribution is 6.35. The Morgan fingerprint density at radius 3 is 2.14 bits per heavy atom. The minimum atomic E-state index is -0.703. The summed E-state index contributed by atoms with van der Waals surface area (Å²) in [5.74, 6) is -0.110. The molecule has 0 spiro atoms. The molecule has 3 aromatic carbocycles. The molecule has 0 heterocycles. The van der Waals surface area contributed by atoms with Crippen molar-refractivity contribution in [3.8, 4) is 0 Å². The molecule has 0 radical (unpaired) electrons. The van der Waals surface area contributed by atoms with Crippen LogP contribution in [0.3, 0.4) is 0 Å². The average Bonchev–Trinajstić information content (AvgIpc) is 2.83. The summed E-state index contributed by atoms with van der Waals surface area (Å²) in [5, 5.41) is 4.54. The summed E-state index contributed by atoms with van der Waals surface area (Å²) in [7, 11) is 0. The van der Waals surface area contributed by atoms with Crippen LogP contribution in [0, 0.1) is 5.92 Å². The zero-order valence-electron chi connectivity index (χ0n) is 19.8. The molecule has 0 bridgehead atoms. The zero-order valence-corrected chi connectivity index (χ0v) is 22.1. The number of nitrogens with zero attached hydrogens (tertiary/aromatic N) is 1. The number of hydrogen-bond acceptors (Lipinski definition) is 2. The van der Waals surface area contributed by atoms with Crippen LogP contribution >= 0.6 is 34.8 Å². The van der Waals surface area contributed by atoms with Gasteiger partial charge in [0.25, 0.3) is 0 Å². The standard InChI is InChI=1S/C28H29Cl3N2O2/c1-19(2)17-32-28(35)26(14-20-6-4-3-5-7-20)33(18-21-8-11-23(29)12-9-21)27(34)15-22-10-13-24(30)16-25(22)31/h3-13,16,19,26H,14-15,17-18H2,1-2H3,(H,32,35). The van der Waals surface area contributed by atoms with Gasteiger partial charge in [-0.05, 0) is 46.9 Å². The summed E-state index contributed by atoms with van der Waals surface area (Å²) in [6.07, 6.45) is 0.435. The van der Waals surface area contributed by atoms with E-state index in [4.69, 9.17) is 34.8 Å². The first-order chi connectivity index (χ1) is 16.7. The van der Waals surface area contributed by atoms with Crippen LogP contribution in [0.15, 0.2) is 72.8 Å². The maximum Gasteiger partial charge on any atom is 0.243 e. The van der Waals surface area contributed by atoms with E-state index in [1.54, 1.807) is 35.2 Å². The van der Waals surface area contributed by atoms with Crippen molar-refractivity contribution in [1.82, 2.24) is 10.2 Å². The summed E-state index contributed by atoms with van der Waals surface area (Å²) in [5.41, 5.74) is 2.50. The quantitative estimate of drug-likeness (QED) is 0.320. The van der Waals surface area contributed by atoms with Gasteiger partial charge in [0.1, 0.15) is 6.04 Å². The maximum absolute atomic E-state index is 13.7. The summed E-state index contributed by atoms with van der Waals surface area (Å²) in [6, 6.07) is 21.4. The van der Waals surface area contributed by atoms with E-state index in [2.05, 4.69) is 5.32 Å². The lowest BCUT2D eigenvalue weighted by Crippen LogP contribution is -2.51. The van der Waals surface area contributed by atoms with Gasteiger partial charge >= 0.3 is 0 Å². The van der Waals surface area contributed by atoms with E-state index in [1.165, 1.54) is 0 Å². The first kappa shape index (κ1) is 27.1. The zero-order chi connectivity index (χ0) is 25.4. The highest BCUT2D eigenvalue weighted by Gasteiger charge is 2.30. The Balaban J connectivity index is 1.96. The molecule has 1 unspecified atom stereocenters. The van der Waals surface area contributed by atoms with Crippen molar-refractivity contribution in [3.05, 3.63) is 105 Å². The Labute approximate surface area is 222 Å². The van der Waals surface area contributed by atoms with Crippen molar-refractivity contribution in [2.45, 2.75) is 39.3 Å². The van der Waals surface area contributed by atoms with Gasteiger partial charge in [-0.1, -0.05) is 97.2 Å². The second-order valence-corrected chi connectivity index (χ2v) is 10.2. The van der Waals surface area contributed by atoms with Crippen LogP contribution in [0.25, 0.3) is 0 Å². The summed E-state index contributed by atoms with van der Waals surface area (Å²) in [4.78, 5) is 28.8. The van der Waals surface area contributed by atoms with Crippen LogP contribution in [-0.4, -0.2) is 29.3 Å². The molecule has 1 atom stereocenters. The smallest absolute Gasteiger partial charge is 0.243 e. The summed E-state index contributed by atoms with van der Waals surface area (Å²) < 4.78 is 0. The average molecular weight is 532 g/mol. The predicted molar refractivity (Wildman–Crippen MR) is 144 cm³/mol. The van der Waals surface area contributed by atoms with Crippen LogP contribution in [0.5, 0.6) is 0 Å². The lowest BCUT2D eigenvalue weighted by atomic mass is 10.0. The second-order valence-electron chi connectivity index (χ2n) is 8.91. The van der Waals surface area contributed by atoms with E-state index >= 15 is 0 Å². The van der Waals surface area contributed by atoms with Crippen molar-refractivity contribution >= 4 is 46.6 Å². The van der Waals surface area contributed by atoms with E-state index < -0.39 is 6.04 Å². The molecule has 1 N–H and O–H groups in total. The first-order valence-electron chi connectivity index (χ1n) is 11.5.